The van der Waals surface area contributed by atoms with Gasteiger partial charge in [-0.2, -0.15) is 0 Å². The van der Waals surface area contributed by atoms with Crippen molar-refractivity contribution in [3.05, 3.63) is 288 Å². The number of hydrogen-bond acceptors (Lipinski definition) is 6. The molecule has 8 heteroatoms. The Morgan fingerprint density at radius 2 is 0.800 bits per heavy atom. The van der Waals surface area contributed by atoms with Crippen molar-refractivity contribution < 1.29 is 0 Å². The topological polar surface area (TPSA) is 13.0 Å². The standard InChI is InChI=1S/C82H68B2N4S2/c1-51-25-22-26-52(2)79(51)85(59-31-12-10-13-32-59)61-45-71-77-72(46-61)88(81-55(5)29-24-30-56(81)6)69-39-20-17-36-64(69)83(77)66-49-67-74(50-70(66)87(71)68-38-19-16-35-63(68)57-41-43-58(44-42-57)82(7,8)9)90-76-48-62(47-75-78(76)84(67)65-37-18-21-40-73(65)89-75)86(60-33-14-11-15-34-60)80-53(3)27-23-28-54(80)4/h10-50H,1-9H3. The fourth-order valence-electron chi connectivity index (χ4n) is 15.1. The van der Waals surface area contributed by atoms with E-state index in [1.54, 1.807) is 0 Å². The molecule has 0 aliphatic carbocycles. The highest BCUT2D eigenvalue weighted by Crippen LogP contribution is 2.53. The minimum absolute atomic E-state index is 0.000432. The average Bonchev–Trinajstić information content (AvgIpc) is 0.692. The number of nitrogens with zero attached hydrogens (tertiary/aromatic N) is 4. The molecular weight excluding hydrogens is 1130 g/mol. The Bertz CT molecular complexity index is 4820. The predicted octanol–water partition coefficient (Wildman–Crippen LogP) is 19.0. The Morgan fingerprint density at radius 1 is 0.322 bits per heavy atom. The maximum atomic E-state index is 2.67. The average molecular weight is 1200 g/mol. The number of rotatable bonds is 9. The second kappa shape index (κ2) is 21.7. The maximum Gasteiger partial charge on any atom is 0.252 e. The fraction of sp³-hybridized carbons (Fsp3) is 0.122. The molecule has 0 bridgehead atoms. The van der Waals surface area contributed by atoms with E-state index < -0.39 is 0 Å². The summed E-state index contributed by atoms with van der Waals surface area (Å²) < 4.78 is 0. The lowest BCUT2D eigenvalue weighted by Crippen LogP contribution is -2.64. The van der Waals surface area contributed by atoms with Crippen LogP contribution in [0, 0.1) is 41.5 Å². The minimum atomic E-state index is -0.126. The highest BCUT2D eigenvalue weighted by Gasteiger charge is 2.47. The Kier molecular flexibility index (Phi) is 13.5. The van der Waals surface area contributed by atoms with E-state index in [1.165, 1.54) is 137 Å². The molecule has 434 valence electrons. The molecule has 16 rings (SSSR count). The smallest absolute Gasteiger partial charge is 0.252 e. The van der Waals surface area contributed by atoms with Gasteiger partial charge in [0.05, 0.1) is 28.4 Å². The number of aryl methyl sites for hydroxylation is 6. The summed E-state index contributed by atoms with van der Waals surface area (Å²) in [4.78, 5) is 15.5. The van der Waals surface area contributed by atoms with Gasteiger partial charge in [-0.25, -0.2) is 0 Å². The van der Waals surface area contributed by atoms with E-state index in [1.807, 2.05) is 23.5 Å². The van der Waals surface area contributed by atoms with Gasteiger partial charge in [0.1, 0.15) is 0 Å². The number of benzene rings is 12. The van der Waals surface area contributed by atoms with Crippen LogP contribution in [0.1, 0.15) is 59.7 Å². The van der Waals surface area contributed by atoms with Gasteiger partial charge in [0.2, 0.25) is 6.71 Å². The maximum absolute atomic E-state index is 2.67. The van der Waals surface area contributed by atoms with Gasteiger partial charge in [-0.3, -0.25) is 0 Å². The van der Waals surface area contributed by atoms with Gasteiger partial charge >= 0.3 is 0 Å². The first-order chi connectivity index (χ1) is 43.8. The van der Waals surface area contributed by atoms with Crippen LogP contribution < -0.4 is 52.4 Å². The van der Waals surface area contributed by atoms with Gasteiger partial charge in [0, 0.05) is 65.0 Å². The third-order valence-electron chi connectivity index (χ3n) is 19.2. The van der Waals surface area contributed by atoms with Crippen LogP contribution >= 0.6 is 23.5 Å². The van der Waals surface area contributed by atoms with Crippen molar-refractivity contribution in [2.75, 3.05) is 19.6 Å². The summed E-state index contributed by atoms with van der Waals surface area (Å²) in [6, 6.07) is 94.5. The van der Waals surface area contributed by atoms with Crippen LogP contribution in [0.2, 0.25) is 0 Å². The summed E-state index contributed by atoms with van der Waals surface area (Å²) >= 11 is 3.87. The van der Waals surface area contributed by atoms with Gasteiger partial charge in [0.25, 0.3) is 6.71 Å². The Balaban J connectivity index is 1.01. The molecule has 0 spiro atoms. The van der Waals surface area contributed by atoms with Crippen molar-refractivity contribution >= 4 is 138 Å². The lowest BCUT2D eigenvalue weighted by molar-refractivity contribution is 0.590. The van der Waals surface area contributed by atoms with Crippen LogP contribution in [0.15, 0.2) is 268 Å². The second-order valence-electron chi connectivity index (χ2n) is 25.9. The molecule has 0 saturated carbocycles. The van der Waals surface area contributed by atoms with Gasteiger partial charge in [-0.1, -0.05) is 231 Å². The van der Waals surface area contributed by atoms with Crippen LogP contribution in [0.5, 0.6) is 0 Å². The SMILES string of the molecule is Cc1cccc(C)c1N(c1ccccc1)c1cc2c3c(c1)Sc1cc4c(cc1B3c1ccccc1S2)B1c2ccccc2N(c2c(C)cccc2C)c2cc(N(c3ccccc3)c3c(C)cccc3C)cc(c21)N4c1ccccc1-c1ccc(C(C)(C)C)cc1. The first kappa shape index (κ1) is 55.9. The lowest BCUT2D eigenvalue weighted by Gasteiger charge is -2.46. The normalized spacial score (nSPS) is 13.2. The second-order valence-corrected chi connectivity index (χ2v) is 28.1. The highest BCUT2D eigenvalue weighted by molar-refractivity contribution is 8.01. The number of para-hydroxylation sites is 7. The molecule has 0 fully saturated rings. The Morgan fingerprint density at radius 3 is 1.39 bits per heavy atom. The summed E-state index contributed by atoms with van der Waals surface area (Å²) in [5.41, 5.74) is 33.0. The number of fused-ring (bicyclic) bond motifs is 8. The summed E-state index contributed by atoms with van der Waals surface area (Å²) in [6.07, 6.45) is 0. The van der Waals surface area contributed by atoms with Crippen molar-refractivity contribution in [3.63, 3.8) is 0 Å². The summed E-state index contributed by atoms with van der Waals surface area (Å²) in [6.45, 7) is 20.4. The van der Waals surface area contributed by atoms with Crippen molar-refractivity contribution in [2.45, 2.75) is 87.3 Å². The van der Waals surface area contributed by atoms with E-state index in [-0.39, 0.29) is 18.8 Å². The summed E-state index contributed by atoms with van der Waals surface area (Å²) in [5.74, 6) is 0. The molecule has 0 aromatic heterocycles. The molecule has 0 unspecified atom stereocenters. The molecule has 0 atom stereocenters. The zero-order valence-electron chi connectivity index (χ0n) is 52.4. The van der Waals surface area contributed by atoms with E-state index >= 15 is 0 Å². The van der Waals surface area contributed by atoms with Crippen LogP contribution in [0.3, 0.4) is 0 Å². The van der Waals surface area contributed by atoms with Gasteiger partial charge in [-0.15, -0.1) is 0 Å². The monoisotopic (exact) mass is 1190 g/mol. The molecular formula is C82H68B2N4S2. The first-order valence-corrected chi connectivity index (χ1v) is 33.2. The molecule has 4 aliphatic heterocycles. The van der Waals surface area contributed by atoms with Gasteiger partial charge in [0.15, 0.2) is 0 Å². The number of anilines is 12. The van der Waals surface area contributed by atoms with Crippen molar-refractivity contribution in [2.24, 2.45) is 0 Å². The van der Waals surface area contributed by atoms with E-state index in [0.717, 1.165) is 34.1 Å². The molecule has 0 saturated heterocycles. The predicted molar refractivity (Wildman–Crippen MR) is 388 cm³/mol. The Hall–Kier alpha value is -9.33. The van der Waals surface area contributed by atoms with Crippen LogP contribution in [0.4, 0.5) is 68.2 Å². The Labute approximate surface area is 540 Å². The van der Waals surface area contributed by atoms with Crippen LogP contribution in [0.25, 0.3) is 11.1 Å². The molecule has 4 heterocycles. The molecule has 0 radical (unpaired) electrons. The van der Waals surface area contributed by atoms with Crippen LogP contribution in [-0.4, -0.2) is 13.4 Å². The molecule has 12 aromatic rings. The van der Waals surface area contributed by atoms with E-state index in [0.29, 0.717) is 0 Å². The van der Waals surface area contributed by atoms with E-state index in [9.17, 15) is 0 Å². The van der Waals surface area contributed by atoms with E-state index in [2.05, 4.69) is 331 Å². The molecule has 0 N–H and O–H groups in total. The molecule has 12 aromatic carbocycles. The number of hydrogen-bond donors (Lipinski definition) is 0. The zero-order chi connectivity index (χ0) is 61.3. The molecule has 4 aliphatic rings. The van der Waals surface area contributed by atoms with E-state index in [4.69, 9.17) is 0 Å². The zero-order valence-corrected chi connectivity index (χ0v) is 54.1. The highest BCUT2D eigenvalue weighted by atomic mass is 32.2. The lowest BCUT2D eigenvalue weighted by atomic mass is 9.31. The van der Waals surface area contributed by atoms with Gasteiger partial charge < -0.3 is 19.6 Å². The third-order valence-corrected chi connectivity index (χ3v) is 21.5. The van der Waals surface area contributed by atoms with Crippen LogP contribution in [-0.2, 0) is 5.41 Å². The quantitative estimate of drug-likeness (QED) is 0.133. The minimum Gasteiger partial charge on any atom is -0.311 e. The molecule has 90 heavy (non-hydrogen) atoms. The van der Waals surface area contributed by atoms with Crippen molar-refractivity contribution in [1.82, 2.24) is 0 Å². The first-order valence-electron chi connectivity index (χ1n) is 31.6. The molecule has 0 amide bonds. The molecule has 4 nitrogen and oxygen atoms in total. The summed E-state index contributed by atoms with van der Waals surface area (Å²) in [7, 11) is 0. The summed E-state index contributed by atoms with van der Waals surface area (Å²) in [5, 5.41) is 0. The largest absolute Gasteiger partial charge is 0.311 e. The fourth-order valence-corrected chi connectivity index (χ4v) is 17.6. The third kappa shape index (κ3) is 9.00. The van der Waals surface area contributed by atoms with Crippen molar-refractivity contribution in [1.29, 1.82) is 0 Å². The van der Waals surface area contributed by atoms with Gasteiger partial charge in [-0.05, 0) is 186 Å². The van der Waals surface area contributed by atoms with Crippen molar-refractivity contribution in [3.8, 4) is 11.1 Å².